The molecular formula is C7H8ClNO. The molecule has 0 bridgehead atoms. The average molecular weight is 158 g/mol. The fourth-order valence-electron chi connectivity index (χ4n) is 0.717. The number of phenols is 1. The summed E-state index contributed by atoms with van der Waals surface area (Å²) in [6.07, 6.45) is 0. The van der Waals surface area contributed by atoms with Crippen molar-refractivity contribution in [1.29, 1.82) is 0 Å². The van der Waals surface area contributed by atoms with Crippen molar-refractivity contribution in [3.05, 3.63) is 23.2 Å². The molecule has 54 valence electrons. The van der Waals surface area contributed by atoms with E-state index in [0.29, 0.717) is 10.7 Å². The van der Waals surface area contributed by atoms with Crippen LogP contribution in [0.4, 0.5) is 5.69 Å². The highest BCUT2D eigenvalue weighted by atomic mass is 35.5. The topological polar surface area (TPSA) is 32.3 Å². The fraction of sp³-hybridized carbons (Fsp3) is 0.143. The number of anilines is 1. The standard InChI is InChI=1S/C7H8ClNO/c1-9-6-4-2-3-5(8)7(6)10/h2-4,9-10H,1H3. The molecule has 0 radical (unpaired) electrons. The van der Waals surface area contributed by atoms with Gasteiger partial charge in [-0.1, -0.05) is 17.7 Å². The summed E-state index contributed by atoms with van der Waals surface area (Å²) in [6.45, 7) is 0. The van der Waals surface area contributed by atoms with Crippen molar-refractivity contribution < 1.29 is 5.11 Å². The van der Waals surface area contributed by atoms with E-state index in [1.165, 1.54) is 0 Å². The maximum Gasteiger partial charge on any atom is 0.157 e. The van der Waals surface area contributed by atoms with Gasteiger partial charge >= 0.3 is 0 Å². The average Bonchev–Trinajstić information content (AvgIpc) is 1.95. The van der Waals surface area contributed by atoms with Crippen LogP contribution >= 0.6 is 11.6 Å². The van der Waals surface area contributed by atoms with Gasteiger partial charge in [-0.25, -0.2) is 0 Å². The molecular weight excluding hydrogens is 150 g/mol. The normalized spacial score (nSPS) is 9.40. The van der Waals surface area contributed by atoms with Gasteiger partial charge in [-0.15, -0.1) is 0 Å². The summed E-state index contributed by atoms with van der Waals surface area (Å²) in [7, 11) is 1.73. The minimum Gasteiger partial charge on any atom is -0.504 e. The minimum atomic E-state index is 0.103. The highest BCUT2D eigenvalue weighted by molar-refractivity contribution is 6.32. The summed E-state index contributed by atoms with van der Waals surface area (Å²) in [4.78, 5) is 0. The third-order valence-corrected chi connectivity index (χ3v) is 1.56. The van der Waals surface area contributed by atoms with Gasteiger partial charge < -0.3 is 10.4 Å². The maximum atomic E-state index is 9.20. The number of hydrogen-bond acceptors (Lipinski definition) is 2. The molecule has 1 aromatic carbocycles. The van der Waals surface area contributed by atoms with Gasteiger partial charge in [-0.3, -0.25) is 0 Å². The zero-order chi connectivity index (χ0) is 7.56. The number of hydrogen-bond donors (Lipinski definition) is 2. The van der Waals surface area contributed by atoms with Crippen LogP contribution in [0, 0.1) is 0 Å². The molecule has 1 aromatic rings. The maximum absolute atomic E-state index is 9.20. The Labute approximate surface area is 64.4 Å². The first-order chi connectivity index (χ1) is 4.75. The van der Waals surface area contributed by atoms with Crippen LogP contribution in [0.1, 0.15) is 0 Å². The lowest BCUT2D eigenvalue weighted by molar-refractivity contribution is 0.478. The number of phenolic OH excluding ortho intramolecular Hbond substituents is 1. The van der Waals surface area contributed by atoms with Gasteiger partial charge in [0.05, 0.1) is 10.7 Å². The quantitative estimate of drug-likeness (QED) is 0.612. The molecule has 0 atom stereocenters. The van der Waals surface area contributed by atoms with Crippen LogP contribution in [0.25, 0.3) is 0 Å². The zero-order valence-electron chi connectivity index (χ0n) is 5.56. The zero-order valence-corrected chi connectivity index (χ0v) is 6.31. The predicted molar refractivity (Wildman–Crippen MR) is 42.7 cm³/mol. The Morgan fingerprint density at radius 1 is 1.50 bits per heavy atom. The molecule has 0 spiro atoms. The van der Waals surface area contributed by atoms with E-state index in [0.717, 1.165) is 0 Å². The second-order valence-electron chi connectivity index (χ2n) is 1.89. The number of nitrogens with one attached hydrogen (secondary N) is 1. The van der Waals surface area contributed by atoms with Gasteiger partial charge in [0.25, 0.3) is 0 Å². The van der Waals surface area contributed by atoms with Crippen molar-refractivity contribution in [3.63, 3.8) is 0 Å². The second kappa shape index (κ2) is 2.80. The Balaban J connectivity index is 3.14. The largest absolute Gasteiger partial charge is 0.504 e. The van der Waals surface area contributed by atoms with Crippen LogP contribution in [-0.4, -0.2) is 12.2 Å². The summed E-state index contributed by atoms with van der Waals surface area (Å²) >= 11 is 5.60. The molecule has 0 unspecified atom stereocenters. The van der Waals surface area contributed by atoms with Crippen molar-refractivity contribution in [2.75, 3.05) is 12.4 Å². The number of aromatic hydroxyl groups is 1. The molecule has 2 nitrogen and oxygen atoms in total. The van der Waals surface area contributed by atoms with Crippen LogP contribution in [0.3, 0.4) is 0 Å². The van der Waals surface area contributed by atoms with Crippen molar-refractivity contribution in [3.8, 4) is 5.75 Å². The first-order valence-corrected chi connectivity index (χ1v) is 3.28. The Bertz CT molecular complexity index is 237. The Hall–Kier alpha value is -0.890. The van der Waals surface area contributed by atoms with Gasteiger partial charge in [-0.05, 0) is 12.1 Å². The van der Waals surface area contributed by atoms with Crippen LogP contribution in [0.5, 0.6) is 5.75 Å². The van der Waals surface area contributed by atoms with Crippen molar-refractivity contribution in [2.45, 2.75) is 0 Å². The number of benzene rings is 1. The van der Waals surface area contributed by atoms with E-state index >= 15 is 0 Å². The molecule has 0 heterocycles. The summed E-state index contributed by atoms with van der Waals surface area (Å²) in [5.74, 6) is 0.103. The molecule has 0 aliphatic heterocycles. The molecule has 0 amide bonds. The SMILES string of the molecule is CNc1cccc(Cl)c1O. The lowest BCUT2D eigenvalue weighted by Crippen LogP contribution is -1.87. The van der Waals surface area contributed by atoms with Crippen LogP contribution in [0.2, 0.25) is 5.02 Å². The molecule has 0 fully saturated rings. The van der Waals surface area contributed by atoms with E-state index in [9.17, 15) is 5.11 Å². The van der Waals surface area contributed by atoms with E-state index in [2.05, 4.69) is 5.32 Å². The Kier molecular flexibility index (Phi) is 2.02. The summed E-state index contributed by atoms with van der Waals surface area (Å²) in [6, 6.07) is 5.16. The third kappa shape index (κ3) is 1.16. The van der Waals surface area contributed by atoms with E-state index in [1.54, 1.807) is 25.2 Å². The minimum absolute atomic E-state index is 0.103. The van der Waals surface area contributed by atoms with E-state index in [4.69, 9.17) is 11.6 Å². The molecule has 10 heavy (non-hydrogen) atoms. The number of halogens is 1. The summed E-state index contributed by atoms with van der Waals surface area (Å²) in [5, 5.41) is 12.4. The highest BCUT2D eigenvalue weighted by Gasteiger charge is 2.00. The number of rotatable bonds is 1. The van der Waals surface area contributed by atoms with Crippen molar-refractivity contribution in [2.24, 2.45) is 0 Å². The van der Waals surface area contributed by atoms with Gasteiger partial charge in [0.1, 0.15) is 0 Å². The lowest BCUT2D eigenvalue weighted by atomic mass is 10.3. The first-order valence-electron chi connectivity index (χ1n) is 2.91. The van der Waals surface area contributed by atoms with E-state index < -0.39 is 0 Å². The smallest absolute Gasteiger partial charge is 0.157 e. The molecule has 1 rings (SSSR count). The van der Waals surface area contributed by atoms with E-state index in [-0.39, 0.29) is 5.75 Å². The second-order valence-corrected chi connectivity index (χ2v) is 2.29. The predicted octanol–water partition coefficient (Wildman–Crippen LogP) is 2.09. The fourth-order valence-corrected chi connectivity index (χ4v) is 0.892. The van der Waals surface area contributed by atoms with Crippen molar-refractivity contribution >= 4 is 17.3 Å². The molecule has 0 saturated heterocycles. The summed E-state index contributed by atoms with van der Waals surface area (Å²) in [5.41, 5.74) is 0.646. The van der Waals surface area contributed by atoms with Gasteiger partial charge in [0, 0.05) is 7.05 Å². The molecule has 2 N–H and O–H groups in total. The summed E-state index contributed by atoms with van der Waals surface area (Å²) < 4.78 is 0. The van der Waals surface area contributed by atoms with Gasteiger partial charge in [0.15, 0.2) is 5.75 Å². The molecule has 0 aliphatic carbocycles. The van der Waals surface area contributed by atoms with Crippen LogP contribution < -0.4 is 5.32 Å². The number of para-hydroxylation sites is 1. The first kappa shape index (κ1) is 7.22. The van der Waals surface area contributed by atoms with Gasteiger partial charge in [-0.2, -0.15) is 0 Å². The Morgan fingerprint density at radius 3 is 2.70 bits per heavy atom. The van der Waals surface area contributed by atoms with Crippen LogP contribution in [0.15, 0.2) is 18.2 Å². The molecule has 0 aromatic heterocycles. The molecule has 0 aliphatic rings. The molecule has 3 heteroatoms. The Morgan fingerprint density at radius 2 is 2.20 bits per heavy atom. The van der Waals surface area contributed by atoms with Crippen molar-refractivity contribution in [1.82, 2.24) is 0 Å². The molecule has 0 saturated carbocycles. The van der Waals surface area contributed by atoms with E-state index in [1.807, 2.05) is 0 Å². The monoisotopic (exact) mass is 157 g/mol. The van der Waals surface area contributed by atoms with Gasteiger partial charge in [0.2, 0.25) is 0 Å². The third-order valence-electron chi connectivity index (χ3n) is 1.26. The van der Waals surface area contributed by atoms with Crippen LogP contribution in [-0.2, 0) is 0 Å². The lowest BCUT2D eigenvalue weighted by Gasteiger charge is -2.02. The highest BCUT2D eigenvalue weighted by Crippen LogP contribution is 2.30.